The molecule has 0 saturated carbocycles. The minimum Gasteiger partial charge on any atom is -0.372 e. The Morgan fingerprint density at radius 3 is 2.37 bits per heavy atom. The molecule has 0 aliphatic heterocycles. The fraction of sp³-hybridized carbons (Fsp3) is 0.143. The van der Waals surface area contributed by atoms with Gasteiger partial charge in [-0.2, -0.15) is 4.98 Å². The molecular formula is C28H25Cl2N7O4. The Morgan fingerprint density at radius 1 is 0.927 bits per heavy atom. The Morgan fingerprint density at radius 2 is 1.66 bits per heavy atom. The van der Waals surface area contributed by atoms with Crippen molar-refractivity contribution < 1.29 is 14.5 Å². The second-order valence-electron chi connectivity index (χ2n) is 8.95. The van der Waals surface area contributed by atoms with Gasteiger partial charge in [-0.1, -0.05) is 24.3 Å². The van der Waals surface area contributed by atoms with Crippen LogP contribution in [-0.4, -0.2) is 33.8 Å². The molecule has 210 valence electrons. The number of nitrogens with zero attached hydrogens (tertiary/aromatic N) is 3. The number of rotatable bonds is 9. The molecule has 0 aliphatic carbocycles. The van der Waals surface area contributed by atoms with Gasteiger partial charge in [0, 0.05) is 47.5 Å². The summed E-state index contributed by atoms with van der Waals surface area (Å²) in [5, 5.41) is 22.7. The number of benzene rings is 3. The lowest BCUT2D eigenvalue weighted by atomic mass is 10.1. The van der Waals surface area contributed by atoms with Crippen LogP contribution in [0.5, 0.6) is 0 Å². The van der Waals surface area contributed by atoms with Crippen LogP contribution in [-0.2, 0) is 0 Å². The van der Waals surface area contributed by atoms with Gasteiger partial charge in [-0.25, -0.2) is 4.98 Å². The third-order valence-electron chi connectivity index (χ3n) is 6.08. The van der Waals surface area contributed by atoms with E-state index in [4.69, 9.17) is 23.2 Å². The van der Waals surface area contributed by atoms with Gasteiger partial charge in [0.1, 0.15) is 16.2 Å². The van der Waals surface area contributed by atoms with E-state index in [1.54, 1.807) is 68.6 Å². The predicted octanol–water partition coefficient (Wildman–Crippen LogP) is 6.77. The highest BCUT2D eigenvalue weighted by molar-refractivity contribution is 6.44. The number of amides is 2. The van der Waals surface area contributed by atoms with Gasteiger partial charge in [0.15, 0.2) is 0 Å². The molecule has 4 aromatic rings. The van der Waals surface area contributed by atoms with Crippen LogP contribution in [0.3, 0.4) is 0 Å². The zero-order chi connectivity index (χ0) is 29.7. The fourth-order valence-electron chi connectivity index (χ4n) is 3.85. The van der Waals surface area contributed by atoms with Gasteiger partial charge in [0.2, 0.25) is 5.95 Å². The van der Waals surface area contributed by atoms with E-state index < -0.39 is 15.7 Å². The van der Waals surface area contributed by atoms with Crippen molar-refractivity contribution in [3.63, 3.8) is 0 Å². The SMILES string of the molecule is CNc1nc(Nc2ccc(C)c([N+](=O)[O-])c2)ncc1C(=O)Nc1cc(NC(=O)c2cccc(C(Cl)Cl)c2)ccc1C. The number of carbonyl (C=O) groups is 2. The number of aryl methyl sites for hydroxylation is 2. The van der Waals surface area contributed by atoms with Crippen LogP contribution in [0.2, 0.25) is 0 Å². The molecule has 11 nitrogen and oxygen atoms in total. The Kier molecular flexibility index (Phi) is 9.00. The van der Waals surface area contributed by atoms with Gasteiger partial charge in [-0.15, -0.1) is 23.2 Å². The smallest absolute Gasteiger partial charge is 0.274 e. The topological polar surface area (TPSA) is 151 Å². The molecule has 4 rings (SSSR count). The van der Waals surface area contributed by atoms with Crippen LogP contribution in [0.25, 0.3) is 0 Å². The second-order valence-corrected chi connectivity index (χ2v) is 10.0. The Bertz CT molecular complexity index is 1650. The number of anilines is 5. The monoisotopic (exact) mass is 593 g/mol. The van der Waals surface area contributed by atoms with Gasteiger partial charge in [-0.3, -0.25) is 19.7 Å². The van der Waals surface area contributed by atoms with Crippen molar-refractivity contribution in [2.75, 3.05) is 28.3 Å². The molecule has 1 heterocycles. The summed E-state index contributed by atoms with van der Waals surface area (Å²) in [5.74, 6) is -0.472. The molecule has 3 aromatic carbocycles. The van der Waals surface area contributed by atoms with E-state index in [2.05, 4.69) is 31.2 Å². The second kappa shape index (κ2) is 12.6. The average Bonchev–Trinajstić information content (AvgIpc) is 2.95. The zero-order valence-electron chi connectivity index (χ0n) is 22.2. The van der Waals surface area contributed by atoms with E-state index >= 15 is 0 Å². The molecule has 0 fully saturated rings. The lowest BCUT2D eigenvalue weighted by Crippen LogP contribution is -2.17. The standard InChI is InChI=1S/C28H25Cl2N7O4/c1-15-7-9-19(33-26(38)18-6-4-5-17(11-18)24(29)30)12-22(15)35-27(39)21-14-32-28(36-25(21)31-3)34-20-10-8-16(2)23(13-20)37(40)41/h4-14,24H,1-3H3,(H,33,38)(H,35,39)(H2,31,32,34,36). The summed E-state index contributed by atoms with van der Waals surface area (Å²) in [6, 6.07) is 16.5. The fourth-order valence-corrected chi connectivity index (χ4v) is 4.13. The van der Waals surface area contributed by atoms with Crippen LogP contribution >= 0.6 is 23.2 Å². The average molecular weight is 594 g/mol. The van der Waals surface area contributed by atoms with E-state index in [-0.39, 0.29) is 28.9 Å². The lowest BCUT2D eigenvalue weighted by molar-refractivity contribution is -0.385. The maximum absolute atomic E-state index is 13.2. The molecule has 0 saturated heterocycles. The molecule has 0 spiro atoms. The number of halogens is 2. The van der Waals surface area contributed by atoms with Gasteiger partial charge in [0.05, 0.1) is 4.92 Å². The molecule has 41 heavy (non-hydrogen) atoms. The molecule has 0 radical (unpaired) electrons. The number of nitro groups is 1. The van der Waals surface area contributed by atoms with Crippen molar-refractivity contribution in [2.24, 2.45) is 0 Å². The van der Waals surface area contributed by atoms with Crippen molar-refractivity contribution in [2.45, 2.75) is 18.7 Å². The van der Waals surface area contributed by atoms with Crippen LogP contribution in [0.15, 0.2) is 66.9 Å². The molecule has 0 aliphatic rings. The number of hydrogen-bond donors (Lipinski definition) is 4. The van der Waals surface area contributed by atoms with Crippen molar-refractivity contribution in [1.29, 1.82) is 0 Å². The first-order valence-electron chi connectivity index (χ1n) is 12.2. The first-order valence-corrected chi connectivity index (χ1v) is 13.1. The minimum absolute atomic E-state index is 0.0405. The summed E-state index contributed by atoms with van der Waals surface area (Å²) in [6.07, 6.45) is 1.34. The summed E-state index contributed by atoms with van der Waals surface area (Å²) in [7, 11) is 1.60. The summed E-state index contributed by atoms with van der Waals surface area (Å²) in [5.41, 5.74) is 3.74. The molecule has 1 aromatic heterocycles. The number of carbonyl (C=O) groups excluding carboxylic acids is 2. The van der Waals surface area contributed by atoms with Gasteiger partial charge in [-0.05, 0) is 55.3 Å². The normalized spacial score (nSPS) is 10.7. The molecule has 13 heteroatoms. The third kappa shape index (κ3) is 7.07. The minimum atomic E-state index is -0.760. The lowest BCUT2D eigenvalue weighted by Gasteiger charge is -2.14. The predicted molar refractivity (Wildman–Crippen MR) is 161 cm³/mol. The zero-order valence-corrected chi connectivity index (χ0v) is 23.7. The maximum Gasteiger partial charge on any atom is 0.274 e. The number of nitrogens with one attached hydrogen (secondary N) is 4. The van der Waals surface area contributed by atoms with Crippen LogP contribution in [0.1, 0.15) is 42.2 Å². The maximum atomic E-state index is 13.2. The van der Waals surface area contributed by atoms with E-state index in [1.807, 2.05) is 6.92 Å². The van der Waals surface area contributed by atoms with Gasteiger partial charge < -0.3 is 21.3 Å². The quantitative estimate of drug-likeness (QED) is 0.0942. The molecule has 2 amide bonds. The summed E-state index contributed by atoms with van der Waals surface area (Å²) < 4.78 is 0. The first kappa shape index (κ1) is 29.2. The Balaban J connectivity index is 1.50. The molecular weight excluding hydrogens is 569 g/mol. The van der Waals surface area contributed by atoms with E-state index in [0.29, 0.717) is 33.8 Å². The number of nitro benzene ring substituents is 1. The molecule has 0 unspecified atom stereocenters. The van der Waals surface area contributed by atoms with Crippen LogP contribution in [0.4, 0.5) is 34.5 Å². The van der Waals surface area contributed by atoms with Crippen LogP contribution < -0.4 is 21.3 Å². The summed E-state index contributed by atoms with van der Waals surface area (Å²) >= 11 is 11.8. The highest BCUT2D eigenvalue weighted by atomic mass is 35.5. The van der Waals surface area contributed by atoms with Crippen molar-refractivity contribution in [3.8, 4) is 0 Å². The Hall–Kier alpha value is -4.74. The molecule has 0 atom stereocenters. The van der Waals surface area contributed by atoms with E-state index in [1.165, 1.54) is 12.3 Å². The third-order valence-corrected chi connectivity index (χ3v) is 6.58. The highest BCUT2D eigenvalue weighted by Crippen LogP contribution is 2.27. The summed E-state index contributed by atoms with van der Waals surface area (Å²) in [4.78, 5) is 44.6. The molecule has 4 N–H and O–H groups in total. The van der Waals surface area contributed by atoms with Crippen LogP contribution in [0, 0.1) is 24.0 Å². The van der Waals surface area contributed by atoms with E-state index in [9.17, 15) is 19.7 Å². The summed E-state index contributed by atoms with van der Waals surface area (Å²) in [6.45, 7) is 3.46. The Labute approximate surface area is 245 Å². The molecule has 0 bridgehead atoms. The number of alkyl halides is 2. The van der Waals surface area contributed by atoms with Gasteiger partial charge in [0.25, 0.3) is 17.5 Å². The van der Waals surface area contributed by atoms with Crippen molar-refractivity contribution in [1.82, 2.24) is 9.97 Å². The first-order chi connectivity index (χ1) is 19.5. The number of hydrogen-bond acceptors (Lipinski definition) is 8. The number of aromatic nitrogens is 2. The van der Waals surface area contributed by atoms with E-state index in [0.717, 1.165) is 5.56 Å². The van der Waals surface area contributed by atoms with Crippen molar-refractivity contribution in [3.05, 3.63) is 105 Å². The van der Waals surface area contributed by atoms with Crippen molar-refractivity contribution >= 4 is 69.5 Å². The van der Waals surface area contributed by atoms with Gasteiger partial charge >= 0.3 is 0 Å². The largest absolute Gasteiger partial charge is 0.372 e. The highest BCUT2D eigenvalue weighted by Gasteiger charge is 2.17.